The van der Waals surface area contributed by atoms with Crippen molar-refractivity contribution in [1.82, 2.24) is 9.55 Å². The van der Waals surface area contributed by atoms with E-state index in [0.717, 1.165) is 18.6 Å². The van der Waals surface area contributed by atoms with Crippen LogP contribution in [0.1, 0.15) is 55.9 Å². The van der Waals surface area contributed by atoms with Crippen molar-refractivity contribution in [2.24, 2.45) is 0 Å². The summed E-state index contributed by atoms with van der Waals surface area (Å²) in [6, 6.07) is 6.93. The molecule has 0 aliphatic carbocycles. The molecule has 0 amide bonds. The molecule has 1 aromatic heterocycles. The van der Waals surface area contributed by atoms with Crippen LogP contribution in [0.5, 0.6) is 0 Å². The zero-order valence-corrected chi connectivity index (χ0v) is 20.1. The number of halogens is 2. The van der Waals surface area contributed by atoms with Gasteiger partial charge in [-0.15, -0.1) is 0 Å². The zero-order valence-electron chi connectivity index (χ0n) is 20.1. The Morgan fingerprint density at radius 3 is 2.43 bits per heavy atom. The molecule has 0 spiro atoms. The van der Waals surface area contributed by atoms with Gasteiger partial charge in [-0.05, 0) is 70.0 Å². The molecule has 1 unspecified atom stereocenters. The normalized spacial score (nSPS) is 20.9. The number of carboxylic acid groups (broad SMARTS) is 1. The van der Waals surface area contributed by atoms with Crippen molar-refractivity contribution < 1.29 is 32.7 Å². The summed E-state index contributed by atoms with van der Waals surface area (Å²) < 4.78 is 49.6. The lowest BCUT2D eigenvalue weighted by Crippen LogP contribution is -2.41. The number of aromatic carboxylic acids is 1. The van der Waals surface area contributed by atoms with Crippen molar-refractivity contribution in [3.05, 3.63) is 58.9 Å². The van der Waals surface area contributed by atoms with E-state index in [1.165, 1.54) is 6.07 Å². The van der Waals surface area contributed by atoms with Crippen molar-refractivity contribution in [3.63, 3.8) is 0 Å². The maximum Gasteiger partial charge on any atom is 0.497 e. The topological polar surface area (TPSA) is 82.8 Å². The lowest BCUT2D eigenvalue weighted by molar-refractivity contribution is -0.0589. The number of hydrogen-bond acceptors (Lipinski definition) is 5. The molecule has 35 heavy (non-hydrogen) atoms. The Hall–Kier alpha value is -2.82. The van der Waals surface area contributed by atoms with Gasteiger partial charge in [0.05, 0.1) is 40.4 Å². The molecule has 7 nitrogen and oxygen atoms in total. The molecule has 10 heteroatoms. The van der Waals surface area contributed by atoms with Crippen LogP contribution in [0.25, 0.3) is 11.0 Å². The van der Waals surface area contributed by atoms with Gasteiger partial charge < -0.3 is 23.7 Å². The lowest BCUT2D eigenvalue weighted by atomic mass is 9.78. The molecule has 0 saturated carbocycles. The van der Waals surface area contributed by atoms with E-state index < -0.39 is 35.9 Å². The Morgan fingerprint density at radius 1 is 1.14 bits per heavy atom. The van der Waals surface area contributed by atoms with Gasteiger partial charge in [0.1, 0.15) is 17.5 Å². The predicted octanol–water partition coefficient (Wildman–Crippen LogP) is 3.69. The third-order valence-electron chi connectivity index (χ3n) is 7.28. The van der Waals surface area contributed by atoms with Crippen LogP contribution < -0.4 is 5.46 Å². The number of ether oxygens (including phenoxy) is 1. The predicted molar refractivity (Wildman–Crippen MR) is 126 cm³/mol. The van der Waals surface area contributed by atoms with Crippen LogP contribution in [-0.2, 0) is 27.0 Å². The number of rotatable bonds is 6. The maximum atomic E-state index is 15.2. The van der Waals surface area contributed by atoms with Crippen LogP contribution in [0.2, 0.25) is 0 Å². The summed E-state index contributed by atoms with van der Waals surface area (Å²) in [6.07, 6.45) is 0.853. The first-order valence-corrected chi connectivity index (χ1v) is 11.6. The van der Waals surface area contributed by atoms with Crippen LogP contribution in [0.3, 0.4) is 0 Å². The molecule has 1 atom stereocenters. The van der Waals surface area contributed by atoms with Gasteiger partial charge in [-0.25, -0.2) is 18.6 Å². The minimum atomic E-state index is -1.05. The molecule has 2 saturated heterocycles. The average molecular weight is 484 g/mol. The Kier molecular flexibility index (Phi) is 5.73. The first-order chi connectivity index (χ1) is 16.4. The summed E-state index contributed by atoms with van der Waals surface area (Å²) in [5.41, 5.74) is 0.109. The third kappa shape index (κ3) is 4.24. The van der Waals surface area contributed by atoms with Gasteiger partial charge in [-0.3, -0.25) is 0 Å². The smallest absolute Gasteiger partial charge is 0.478 e. The lowest BCUT2D eigenvalue weighted by Gasteiger charge is -2.32. The number of carboxylic acids is 1. The highest BCUT2D eigenvalue weighted by Crippen LogP contribution is 2.37. The van der Waals surface area contributed by atoms with E-state index in [1.54, 1.807) is 12.1 Å². The summed E-state index contributed by atoms with van der Waals surface area (Å²) in [7, 11) is -1.02. The Balaban J connectivity index is 1.49. The van der Waals surface area contributed by atoms with Crippen LogP contribution in [-0.4, -0.2) is 51.7 Å². The van der Waals surface area contributed by atoms with E-state index in [-0.39, 0.29) is 29.1 Å². The maximum absolute atomic E-state index is 15.2. The SMILES string of the molecule is CC1(C)OB(c2cc(F)c(Cc3nc4ccc(C(=O)O)cc4n3CC3CCO3)cc2F)OC1(C)C. The monoisotopic (exact) mass is 484 g/mol. The highest BCUT2D eigenvalue weighted by molar-refractivity contribution is 6.62. The molecule has 5 rings (SSSR count). The molecule has 1 N–H and O–H groups in total. The number of imidazole rings is 1. The average Bonchev–Trinajstić information content (AvgIpc) is 3.18. The van der Waals surface area contributed by atoms with E-state index in [4.69, 9.17) is 14.0 Å². The zero-order chi connectivity index (χ0) is 25.1. The van der Waals surface area contributed by atoms with Crippen molar-refractivity contribution >= 4 is 29.6 Å². The van der Waals surface area contributed by atoms with Crippen molar-refractivity contribution in [2.45, 2.75) is 64.4 Å². The molecule has 2 fully saturated rings. The molecule has 2 aliphatic rings. The van der Waals surface area contributed by atoms with Gasteiger partial charge in [0.25, 0.3) is 0 Å². The molecule has 2 aromatic carbocycles. The van der Waals surface area contributed by atoms with E-state index >= 15 is 8.78 Å². The number of fused-ring (bicyclic) bond motifs is 1. The van der Waals surface area contributed by atoms with Crippen LogP contribution in [0, 0.1) is 11.6 Å². The Bertz CT molecular complexity index is 1300. The van der Waals surface area contributed by atoms with Crippen LogP contribution >= 0.6 is 0 Å². The Morgan fingerprint density at radius 2 is 1.83 bits per heavy atom. The molecule has 2 aliphatic heterocycles. The van der Waals surface area contributed by atoms with Gasteiger partial charge in [0.15, 0.2) is 0 Å². The number of hydrogen-bond donors (Lipinski definition) is 1. The third-order valence-corrected chi connectivity index (χ3v) is 7.28. The first-order valence-electron chi connectivity index (χ1n) is 11.6. The van der Waals surface area contributed by atoms with Gasteiger partial charge >= 0.3 is 13.1 Å². The second-order valence-corrected chi connectivity index (χ2v) is 10.2. The molecule has 0 bridgehead atoms. The summed E-state index contributed by atoms with van der Waals surface area (Å²) >= 11 is 0. The van der Waals surface area contributed by atoms with Gasteiger partial charge in [-0.1, -0.05) is 0 Å². The molecule has 3 aromatic rings. The highest BCUT2D eigenvalue weighted by atomic mass is 19.1. The van der Waals surface area contributed by atoms with E-state index in [1.807, 2.05) is 32.3 Å². The summed E-state index contributed by atoms with van der Waals surface area (Å²) in [5, 5.41) is 9.40. The first kappa shape index (κ1) is 23.9. The number of nitrogens with zero attached hydrogens (tertiary/aromatic N) is 2. The molecule has 0 radical (unpaired) electrons. The summed E-state index contributed by atoms with van der Waals surface area (Å²) in [6.45, 7) is 8.51. The quantitative estimate of drug-likeness (QED) is 0.538. The van der Waals surface area contributed by atoms with Crippen LogP contribution in [0.4, 0.5) is 8.78 Å². The van der Waals surface area contributed by atoms with Crippen molar-refractivity contribution in [1.29, 1.82) is 0 Å². The summed E-state index contributed by atoms with van der Waals surface area (Å²) in [4.78, 5) is 16.1. The van der Waals surface area contributed by atoms with Crippen molar-refractivity contribution in [2.75, 3.05) is 6.61 Å². The second kappa shape index (κ2) is 8.39. The van der Waals surface area contributed by atoms with Gasteiger partial charge in [0, 0.05) is 18.5 Å². The number of benzene rings is 2. The van der Waals surface area contributed by atoms with Crippen LogP contribution in [0.15, 0.2) is 30.3 Å². The van der Waals surface area contributed by atoms with E-state index in [9.17, 15) is 9.90 Å². The molecule has 184 valence electrons. The molecule has 3 heterocycles. The molecular formula is C25H27BF2N2O5. The van der Waals surface area contributed by atoms with Crippen molar-refractivity contribution in [3.8, 4) is 0 Å². The van der Waals surface area contributed by atoms with Gasteiger partial charge in [-0.2, -0.15) is 0 Å². The largest absolute Gasteiger partial charge is 0.497 e. The summed E-state index contributed by atoms with van der Waals surface area (Å²) in [5.74, 6) is -1.77. The minimum Gasteiger partial charge on any atom is -0.478 e. The fraction of sp³-hybridized carbons (Fsp3) is 0.440. The Labute approximate surface area is 202 Å². The number of aromatic nitrogens is 2. The second-order valence-electron chi connectivity index (χ2n) is 10.2. The fourth-order valence-electron chi connectivity index (χ4n) is 4.34. The minimum absolute atomic E-state index is 0.00682. The fourth-order valence-corrected chi connectivity index (χ4v) is 4.34. The van der Waals surface area contributed by atoms with E-state index in [0.29, 0.717) is 30.0 Å². The number of carbonyl (C=O) groups is 1. The molecular weight excluding hydrogens is 457 g/mol. The highest BCUT2D eigenvalue weighted by Gasteiger charge is 2.52. The van der Waals surface area contributed by atoms with E-state index in [2.05, 4.69) is 4.98 Å². The standard InChI is InChI=1S/C25H27BF2N2O5/c1-24(2)25(3,4)35-26(34-24)17-12-18(27)15(9-19(17)28)11-22-29-20-6-5-14(23(31)32)10-21(20)30(22)13-16-7-8-33-16/h5-6,9-10,12,16H,7-8,11,13H2,1-4H3,(H,31,32). The van der Waals surface area contributed by atoms with Gasteiger partial charge in [0.2, 0.25) is 0 Å².